The van der Waals surface area contributed by atoms with Crippen molar-refractivity contribution in [3.8, 4) is 0 Å². The fraction of sp³-hybridized carbons (Fsp3) is 0.417. The average Bonchev–Trinajstić information content (AvgIpc) is 2.29. The topological polar surface area (TPSA) is 41.1 Å². The Labute approximate surface area is 105 Å². The number of benzene rings is 1. The summed E-state index contributed by atoms with van der Waals surface area (Å²) >= 11 is 5.85. The molecule has 0 heterocycles. The first-order valence-electron chi connectivity index (χ1n) is 5.28. The van der Waals surface area contributed by atoms with Crippen LogP contribution in [0.5, 0.6) is 0 Å². The molecular formula is C12H16ClFN2O. The maximum absolute atomic E-state index is 13.7. The Morgan fingerprint density at radius 1 is 1.47 bits per heavy atom. The number of carbonyl (C=O) groups excluding carboxylic acids is 1. The molecule has 0 unspecified atom stereocenters. The summed E-state index contributed by atoms with van der Waals surface area (Å²) in [7, 11) is 1.53. The van der Waals surface area contributed by atoms with Crippen LogP contribution in [0.15, 0.2) is 18.2 Å². The Morgan fingerprint density at radius 2 is 2.12 bits per heavy atom. The maximum Gasteiger partial charge on any atom is 0.314 e. The molecule has 0 radical (unpaired) electrons. The number of hydrogen-bond donors (Lipinski definition) is 2. The van der Waals surface area contributed by atoms with Crippen LogP contribution in [0, 0.1) is 5.82 Å². The minimum absolute atomic E-state index is 0.291. The summed E-state index contributed by atoms with van der Waals surface area (Å²) in [5, 5.41) is 5.58. The number of rotatable bonds is 3. The molecule has 5 heteroatoms. The maximum atomic E-state index is 13.7. The zero-order valence-corrected chi connectivity index (χ0v) is 10.9. The molecule has 0 aliphatic heterocycles. The fourth-order valence-electron chi connectivity index (χ4n) is 1.50. The van der Waals surface area contributed by atoms with E-state index in [-0.39, 0.29) is 11.8 Å². The molecule has 0 spiro atoms. The molecule has 0 atom stereocenters. The molecular weight excluding hydrogens is 243 g/mol. The summed E-state index contributed by atoms with van der Waals surface area (Å²) < 4.78 is 13.7. The van der Waals surface area contributed by atoms with Crippen molar-refractivity contribution in [2.75, 3.05) is 13.6 Å². The molecule has 1 aromatic carbocycles. The van der Waals surface area contributed by atoms with E-state index in [0.29, 0.717) is 17.1 Å². The number of halogens is 2. The second kappa shape index (κ2) is 5.36. The predicted molar refractivity (Wildman–Crippen MR) is 66.9 cm³/mol. The van der Waals surface area contributed by atoms with Gasteiger partial charge in [-0.2, -0.15) is 0 Å². The molecule has 3 nitrogen and oxygen atoms in total. The largest absolute Gasteiger partial charge is 0.341 e. The highest BCUT2D eigenvalue weighted by molar-refractivity contribution is 6.30. The molecule has 2 N–H and O–H groups in total. The molecule has 2 amide bonds. The Kier molecular flexibility index (Phi) is 4.34. The summed E-state index contributed by atoms with van der Waals surface area (Å²) in [5.74, 6) is -0.321. The molecule has 94 valence electrons. The van der Waals surface area contributed by atoms with Crippen LogP contribution in [0.3, 0.4) is 0 Å². The lowest BCUT2D eigenvalue weighted by Crippen LogP contribution is -2.41. The van der Waals surface area contributed by atoms with Gasteiger partial charge in [0.15, 0.2) is 0 Å². The van der Waals surface area contributed by atoms with Gasteiger partial charge in [0.25, 0.3) is 0 Å². The second-order valence-corrected chi connectivity index (χ2v) is 4.88. The van der Waals surface area contributed by atoms with Gasteiger partial charge >= 0.3 is 6.03 Å². The Bertz CT molecular complexity index is 421. The lowest BCUT2D eigenvalue weighted by molar-refractivity contribution is 0.240. The molecule has 0 fully saturated rings. The standard InChI is InChI=1S/C12H16ClFN2O/c1-12(2,7-16-11(17)15-3)9-6-8(13)4-5-10(9)14/h4-6H,7H2,1-3H3,(H2,15,16,17). The first kappa shape index (κ1) is 13.8. The summed E-state index contributed by atoms with van der Waals surface area (Å²) in [6.07, 6.45) is 0. The van der Waals surface area contributed by atoms with Crippen molar-refractivity contribution in [1.82, 2.24) is 10.6 Å². The zero-order valence-electron chi connectivity index (χ0n) is 10.1. The molecule has 0 aliphatic carbocycles. The van der Waals surface area contributed by atoms with Crippen LogP contribution in [0.1, 0.15) is 19.4 Å². The van der Waals surface area contributed by atoms with Crippen LogP contribution in [0.4, 0.5) is 9.18 Å². The van der Waals surface area contributed by atoms with E-state index in [1.54, 1.807) is 6.07 Å². The first-order chi connectivity index (χ1) is 7.86. The van der Waals surface area contributed by atoms with Crippen molar-refractivity contribution >= 4 is 17.6 Å². The number of hydrogen-bond acceptors (Lipinski definition) is 1. The van der Waals surface area contributed by atoms with Gasteiger partial charge in [0.2, 0.25) is 0 Å². The van der Waals surface area contributed by atoms with Crippen LogP contribution in [0.2, 0.25) is 5.02 Å². The van der Waals surface area contributed by atoms with Gasteiger partial charge in [0.1, 0.15) is 5.82 Å². The summed E-state index contributed by atoms with van der Waals surface area (Å²) in [6, 6.07) is 4.13. The third kappa shape index (κ3) is 3.60. The Balaban J connectivity index is 2.88. The fourth-order valence-corrected chi connectivity index (χ4v) is 1.67. The van der Waals surface area contributed by atoms with E-state index in [0.717, 1.165) is 0 Å². The summed E-state index contributed by atoms with van der Waals surface area (Å²) in [5.41, 5.74) is -0.0389. The zero-order chi connectivity index (χ0) is 13.1. The number of nitrogens with one attached hydrogen (secondary N) is 2. The Morgan fingerprint density at radius 3 is 2.71 bits per heavy atom. The van der Waals surface area contributed by atoms with Gasteiger partial charge in [-0.1, -0.05) is 25.4 Å². The third-order valence-electron chi connectivity index (χ3n) is 2.58. The van der Waals surface area contributed by atoms with Crippen LogP contribution in [0.25, 0.3) is 0 Å². The minimum Gasteiger partial charge on any atom is -0.341 e. The highest BCUT2D eigenvalue weighted by Crippen LogP contribution is 2.27. The van der Waals surface area contributed by atoms with Gasteiger partial charge < -0.3 is 10.6 Å². The lowest BCUT2D eigenvalue weighted by Gasteiger charge is -2.26. The monoisotopic (exact) mass is 258 g/mol. The van der Waals surface area contributed by atoms with Crippen LogP contribution < -0.4 is 10.6 Å². The van der Waals surface area contributed by atoms with Gasteiger partial charge in [-0.05, 0) is 23.8 Å². The molecule has 0 saturated heterocycles. The van der Waals surface area contributed by atoms with Crippen molar-refractivity contribution in [3.05, 3.63) is 34.6 Å². The highest BCUT2D eigenvalue weighted by atomic mass is 35.5. The van der Waals surface area contributed by atoms with Crippen molar-refractivity contribution in [1.29, 1.82) is 0 Å². The third-order valence-corrected chi connectivity index (χ3v) is 2.81. The van der Waals surface area contributed by atoms with Gasteiger partial charge in [-0.15, -0.1) is 0 Å². The summed E-state index contributed by atoms with van der Waals surface area (Å²) in [4.78, 5) is 11.1. The predicted octanol–water partition coefficient (Wildman–Crippen LogP) is 2.69. The van der Waals surface area contributed by atoms with Crippen molar-refractivity contribution in [2.24, 2.45) is 0 Å². The van der Waals surface area contributed by atoms with Crippen LogP contribution in [-0.2, 0) is 5.41 Å². The van der Waals surface area contributed by atoms with Gasteiger partial charge in [0, 0.05) is 24.0 Å². The Hall–Kier alpha value is -1.29. The highest BCUT2D eigenvalue weighted by Gasteiger charge is 2.25. The molecule has 0 bridgehead atoms. The second-order valence-electron chi connectivity index (χ2n) is 4.44. The molecule has 1 aromatic rings. The van der Waals surface area contributed by atoms with Gasteiger partial charge in [0.05, 0.1) is 0 Å². The van der Waals surface area contributed by atoms with E-state index < -0.39 is 5.41 Å². The molecule has 17 heavy (non-hydrogen) atoms. The van der Waals surface area contributed by atoms with E-state index in [1.807, 2.05) is 13.8 Å². The van der Waals surface area contributed by atoms with Crippen molar-refractivity contribution in [2.45, 2.75) is 19.3 Å². The minimum atomic E-state index is -0.526. The molecule has 0 aliphatic rings. The van der Waals surface area contributed by atoms with E-state index in [4.69, 9.17) is 11.6 Å². The van der Waals surface area contributed by atoms with Crippen molar-refractivity contribution in [3.63, 3.8) is 0 Å². The lowest BCUT2D eigenvalue weighted by atomic mass is 9.84. The SMILES string of the molecule is CNC(=O)NCC(C)(C)c1cc(Cl)ccc1F. The van der Waals surface area contributed by atoms with Gasteiger partial charge in [-0.25, -0.2) is 9.18 Å². The van der Waals surface area contributed by atoms with Crippen LogP contribution in [-0.4, -0.2) is 19.6 Å². The number of urea groups is 1. The quantitative estimate of drug-likeness (QED) is 0.860. The molecule has 0 saturated carbocycles. The normalized spacial score (nSPS) is 11.1. The molecule has 0 aromatic heterocycles. The smallest absolute Gasteiger partial charge is 0.314 e. The average molecular weight is 259 g/mol. The van der Waals surface area contributed by atoms with E-state index >= 15 is 0 Å². The number of amides is 2. The van der Waals surface area contributed by atoms with E-state index in [9.17, 15) is 9.18 Å². The van der Waals surface area contributed by atoms with Gasteiger partial charge in [-0.3, -0.25) is 0 Å². The van der Waals surface area contributed by atoms with Crippen molar-refractivity contribution < 1.29 is 9.18 Å². The number of carbonyl (C=O) groups is 1. The molecule has 1 rings (SSSR count). The van der Waals surface area contributed by atoms with Crippen LogP contribution >= 0.6 is 11.6 Å². The van der Waals surface area contributed by atoms with E-state index in [2.05, 4.69) is 10.6 Å². The summed E-state index contributed by atoms with van der Waals surface area (Å²) in [6.45, 7) is 4.01. The first-order valence-corrected chi connectivity index (χ1v) is 5.66. The van der Waals surface area contributed by atoms with E-state index in [1.165, 1.54) is 19.2 Å².